The molecule has 0 bridgehead atoms. The number of likely N-dealkylation sites (tertiary alicyclic amines) is 2. The zero-order valence-corrected chi connectivity index (χ0v) is 24.1. The molecule has 3 N–H and O–H groups in total. The van der Waals surface area contributed by atoms with Gasteiger partial charge in [-0.05, 0) is 62.0 Å². The number of benzene rings is 2. The van der Waals surface area contributed by atoms with Gasteiger partial charge in [0.2, 0.25) is 11.8 Å². The molecule has 2 aromatic carbocycles. The van der Waals surface area contributed by atoms with Crippen LogP contribution in [-0.4, -0.2) is 71.4 Å². The number of aromatic nitrogens is 1. The second-order valence-electron chi connectivity index (χ2n) is 11.6. The molecule has 0 spiro atoms. The van der Waals surface area contributed by atoms with Crippen LogP contribution in [0.2, 0.25) is 0 Å². The molecule has 2 atom stereocenters. The lowest BCUT2D eigenvalue weighted by Gasteiger charge is -2.40. The van der Waals surface area contributed by atoms with Crippen molar-refractivity contribution in [3.63, 3.8) is 0 Å². The average molecular weight is 584 g/mol. The fraction of sp³-hybridized carbons (Fsp3) is 0.500. The number of aromatic amines is 1. The molecule has 3 heterocycles. The number of para-hydroxylation sites is 1. The average Bonchev–Trinajstić information content (AvgIpc) is 3.43. The molecule has 0 saturated carbocycles. The van der Waals surface area contributed by atoms with Crippen molar-refractivity contribution in [3.8, 4) is 0 Å². The van der Waals surface area contributed by atoms with Crippen LogP contribution < -0.4 is 10.6 Å². The summed E-state index contributed by atoms with van der Waals surface area (Å²) >= 11 is 0. The summed E-state index contributed by atoms with van der Waals surface area (Å²) in [6.07, 6.45) is 3.13. The molecule has 2 unspecified atom stereocenters. The van der Waals surface area contributed by atoms with Crippen LogP contribution in [0.1, 0.15) is 61.6 Å². The fourth-order valence-electron chi connectivity index (χ4n) is 6.46. The van der Waals surface area contributed by atoms with Crippen LogP contribution in [0.5, 0.6) is 0 Å². The Morgan fingerprint density at radius 1 is 0.976 bits per heavy atom. The predicted octanol–water partition coefficient (Wildman–Crippen LogP) is 5.04. The Morgan fingerprint density at radius 2 is 1.67 bits per heavy atom. The monoisotopic (exact) mass is 583 g/mol. The quantitative estimate of drug-likeness (QED) is 0.330. The van der Waals surface area contributed by atoms with E-state index in [-0.39, 0.29) is 24.6 Å². The van der Waals surface area contributed by atoms with Gasteiger partial charge in [0, 0.05) is 48.7 Å². The van der Waals surface area contributed by atoms with Crippen LogP contribution >= 0.6 is 0 Å². The minimum absolute atomic E-state index is 0.0280. The molecule has 7 nitrogen and oxygen atoms in total. The van der Waals surface area contributed by atoms with Gasteiger partial charge in [0.1, 0.15) is 6.04 Å². The minimum Gasteiger partial charge on any atom is -0.361 e. The number of hydrogen-bond donors (Lipinski definition) is 3. The first-order chi connectivity index (χ1) is 20.2. The van der Waals surface area contributed by atoms with Gasteiger partial charge in [0.25, 0.3) is 0 Å². The molecule has 0 radical (unpaired) electrons. The van der Waals surface area contributed by atoms with E-state index in [1.165, 1.54) is 37.5 Å². The Morgan fingerprint density at radius 3 is 2.40 bits per heavy atom. The van der Waals surface area contributed by atoms with Crippen molar-refractivity contribution in [2.45, 2.75) is 69.8 Å². The third-order valence-corrected chi connectivity index (χ3v) is 8.82. The summed E-state index contributed by atoms with van der Waals surface area (Å²) in [5.41, 5.74) is 0.938. The Balaban J connectivity index is 1.27. The lowest BCUT2D eigenvalue weighted by molar-refractivity contribution is -0.138. The Hall–Kier alpha value is -3.37. The standard InChI is InChI=1S/C32H40F3N5O2/c1-22(26-20-36-28-12-6-4-10-25(26)28)30(31(42)37-19-23-9-3-5-11-27(23)32(33,34)35)38-29(41)21-39-17-13-24(14-18-39)40-15-7-2-8-16-40/h3-6,9-12,20,22,24,30,36H,2,7-8,13-19,21H2,1H3,(H,37,42)(H,38,41). The number of carbonyl (C=O) groups is 2. The van der Waals surface area contributed by atoms with Gasteiger partial charge in [-0.2, -0.15) is 13.2 Å². The largest absolute Gasteiger partial charge is 0.416 e. The Kier molecular flexibility index (Phi) is 9.53. The van der Waals surface area contributed by atoms with Gasteiger partial charge in [0.15, 0.2) is 0 Å². The van der Waals surface area contributed by atoms with Crippen molar-refractivity contribution in [2.75, 3.05) is 32.7 Å². The SMILES string of the molecule is CC(c1c[nH]c2ccccc12)C(NC(=O)CN1CCC(N2CCCCC2)CC1)C(=O)NCc1ccccc1C(F)(F)F. The number of carbonyl (C=O) groups excluding carboxylic acids is 2. The molecule has 3 aromatic rings. The van der Waals surface area contributed by atoms with Crippen molar-refractivity contribution >= 4 is 22.7 Å². The number of nitrogens with one attached hydrogen (secondary N) is 3. The van der Waals surface area contributed by atoms with Crippen LogP contribution in [0.3, 0.4) is 0 Å². The van der Waals surface area contributed by atoms with E-state index < -0.39 is 29.6 Å². The molecule has 2 saturated heterocycles. The lowest BCUT2D eigenvalue weighted by Crippen LogP contribution is -2.53. The molecule has 1 aromatic heterocycles. The molecular formula is C32H40F3N5O2. The highest BCUT2D eigenvalue weighted by atomic mass is 19.4. The molecular weight excluding hydrogens is 543 g/mol. The number of piperidine rings is 2. The molecule has 42 heavy (non-hydrogen) atoms. The van der Waals surface area contributed by atoms with E-state index >= 15 is 0 Å². The van der Waals surface area contributed by atoms with Crippen LogP contribution in [0.15, 0.2) is 54.7 Å². The summed E-state index contributed by atoms with van der Waals surface area (Å²) in [5.74, 6) is -1.23. The maximum atomic E-state index is 13.6. The predicted molar refractivity (Wildman–Crippen MR) is 157 cm³/mol. The fourth-order valence-corrected chi connectivity index (χ4v) is 6.46. The highest BCUT2D eigenvalue weighted by Crippen LogP contribution is 2.32. The molecule has 2 amide bonds. The first-order valence-corrected chi connectivity index (χ1v) is 15.0. The molecule has 0 aliphatic carbocycles. The summed E-state index contributed by atoms with van der Waals surface area (Å²) in [7, 11) is 0. The number of rotatable bonds is 9. The second kappa shape index (κ2) is 13.3. The smallest absolute Gasteiger partial charge is 0.361 e. The van der Waals surface area contributed by atoms with E-state index in [1.807, 2.05) is 37.4 Å². The molecule has 2 aliphatic rings. The molecule has 2 fully saturated rings. The van der Waals surface area contributed by atoms with Crippen molar-refractivity contribution in [1.82, 2.24) is 25.4 Å². The van der Waals surface area contributed by atoms with Crippen LogP contribution in [0.25, 0.3) is 10.9 Å². The van der Waals surface area contributed by atoms with E-state index in [4.69, 9.17) is 0 Å². The van der Waals surface area contributed by atoms with E-state index in [0.29, 0.717) is 6.04 Å². The highest BCUT2D eigenvalue weighted by molar-refractivity contribution is 5.91. The number of halogens is 3. The van der Waals surface area contributed by atoms with Gasteiger partial charge in [-0.25, -0.2) is 0 Å². The number of hydrogen-bond acceptors (Lipinski definition) is 4. The van der Waals surface area contributed by atoms with Crippen molar-refractivity contribution < 1.29 is 22.8 Å². The number of amides is 2. The minimum atomic E-state index is -4.53. The maximum absolute atomic E-state index is 13.6. The van der Waals surface area contributed by atoms with E-state index in [0.717, 1.165) is 61.6 Å². The lowest BCUT2D eigenvalue weighted by atomic mass is 9.92. The summed E-state index contributed by atoms with van der Waals surface area (Å²) in [6, 6.07) is 12.5. The molecule has 5 rings (SSSR count). The number of alkyl halides is 3. The zero-order valence-electron chi connectivity index (χ0n) is 24.1. The number of nitrogens with zero attached hydrogens (tertiary/aromatic N) is 2. The second-order valence-corrected chi connectivity index (χ2v) is 11.6. The van der Waals surface area contributed by atoms with E-state index in [1.54, 1.807) is 0 Å². The third-order valence-electron chi connectivity index (χ3n) is 8.82. The van der Waals surface area contributed by atoms with Crippen LogP contribution in [0.4, 0.5) is 13.2 Å². The summed E-state index contributed by atoms with van der Waals surface area (Å²) in [6.45, 7) is 5.67. The topological polar surface area (TPSA) is 80.5 Å². The van der Waals surface area contributed by atoms with Gasteiger partial charge in [0.05, 0.1) is 12.1 Å². The molecule has 10 heteroatoms. The maximum Gasteiger partial charge on any atom is 0.416 e. The first-order valence-electron chi connectivity index (χ1n) is 15.0. The van der Waals surface area contributed by atoms with Crippen LogP contribution in [-0.2, 0) is 22.3 Å². The first kappa shape index (κ1) is 30.1. The number of H-pyrrole nitrogens is 1. The van der Waals surface area contributed by atoms with Gasteiger partial charge in [-0.15, -0.1) is 0 Å². The molecule has 2 aliphatic heterocycles. The van der Waals surface area contributed by atoms with Crippen molar-refractivity contribution in [2.24, 2.45) is 0 Å². The normalized spacial score (nSPS) is 19.0. The van der Waals surface area contributed by atoms with E-state index in [2.05, 4.69) is 25.4 Å². The van der Waals surface area contributed by atoms with Gasteiger partial charge in [-0.3, -0.25) is 14.5 Å². The highest BCUT2D eigenvalue weighted by Gasteiger charge is 2.34. The summed E-state index contributed by atoms with van der Waals surface area (Å²) < 4.78 is 40.6. The van der Waals surface area contributed by atoms with Crippen molar-refractivity contribution in [1.29, 1.82) is 0 Å². The Bertz CT molecular complexity index is 1360. The zero-order chi connectivity index (χ0) is 29.7. The number of fused-ring (bicyclic) bond motifs is 1. The van der Waals surface area contributed by atoms with Gasteiger partial charge >= 0.3 is 6.18 Å². The molecule has 226 valence electrons. The van der Waals surface area contributed by atoms with Gasteiger partial charge in [-0.1, -0.05) is 49.7 Å². The Labute approximate surface area is 244 Å². The van der Waals surface area contributed by atoms with Crippen molar-refractivity contribution in [3.05, 3.63) is 71.4 Å². The summed E-state index contributed by atoms with van der Waals surface area (Å²) in [5, 5.41) is 6.53. The van der Waals surface area contributed by atoms with Crippen LogP contribution in [0, 0.1) is 0 Å². The van der Waals surface area contributed by atoms with Gasteiger partial charge < -0.3 is 20.5 Å². The van der Waals surface area contributed by atoms with E-state index in [9.17, 15) is 22.8 Å². The summed E-state index contributed by atoms with van der Waals surface area (Å²) in [4.78, 5) is 34.8. The third kappa shape index (κ3) is 7.15.